The Balaban J connectivity index is 2.11. The number of phenolic OH excluding ortho intramolecular Hbond substituents is 2. The predicted octanol–water partition coefficient (Wildman–Crippen LogP) is 3.38. The molecular weight excluding hydrogens is 216 g/mol. The summed E-state index contributed by atoms with van der Waals surface area (Å²) in [6.45, 7) is 0.411. The zero-order chi connectivity index (χ0) is 12.1. The van der Waals surface area contributed by atoms with Crippen molar-refractivity contribution in [3.05, 3.63) is 54.1 Å². The van der Waals surface area contributed by atoms with Crippen molar-refractivity contribution in [2.45, 2.75) is 6.54 Å². The van der Waals surface area contributed by atoms with Gasteiger partial charge in [-0.3, -0.25) is 0 Å². The van der Waals surface area contributed by atoms with Crippen LogP contribution in [0.4, 0.5) is 5.69 Å². The Kier molecular flexibility index (Phi) is 3.35. The van der Waals surface area contributed by atoms with Crippen LogP contribution in [0.2, 0.25) is 0 Å². The van der Waals surface area contributed by atoms with Gasteiger partial charge in [-0.1, -0.05) is 36.4 Å². The van der Waals surface area contributed by atoms with Gasteiger partial charge < -0.3 is 10.2 Å². The van der Waals surface area contributed by atoms with Crippen molar-refractivity contribution >= 4 is 5.69 Å². The van der Waals surface area contributed by atoms with E-state index in [9.17, 15) is 10.2 Å². The van der Waals surface area contributed by atoms with E-state index in [1.54, 1.807) is 6.07 Å². The molecule has 2 aromatic rings. The molecule has 0 saturated heterocycles. The molecule has 2 N–H and O–H groups in total. The summed E-state index contributed by atoms with van der Waals surface area (Å²) in [5, 5.41) is 26.7. The maximum Gasteiger partial charge on any atom is 0.168 e. The summed E-state index contributed by atoms with van der Waals surface area (Å²) in [4.78, 5) is 0. The molecule has 0 amide bonds. The first-order valence-electron chi connectivity index (χ1n) is 5.20. The van der Waals surface area contributed by atoms with Gasteiger partial charge >= 0.3 is 0 Å². The summed E-state index contributed by atoms with van der Waals surface area (Å²) < 4.78 is 0. The molecule has 0 atom stereocenters. The first kappa shape index (κ1) is 11.1. The molecule has 2 aromatic carbocycles. The molecule has 0 aliphatic heterocycles. The van der Waals surface area contributed by atoms with Gasteiger partial charge in [-0.25, -0.2) is 0 Å². The topological polar surface area (TPSA) is 65.2 Å². The molecule has 0 radical (unpaired) electrons. The molecule has 2 rings (SSSR count). The zero-order valence-electron chi connectivity index (χ0n) is 9.11. The van der Waals surface area contributed by atoms with E-state index in [0.29, 0.717) is 6.54 Å². The summed E-state index contributed by atoms with van der Waals surface area (Å²) >= 11 is 0. The second kappa shape index (κ2) is 5.12. The van der Waals surface area contributed by atoms with Gasteiger partial charge in [0, 0.05) is 0 Å². The second-order valence-electron chi connectivity index (χ2n) is 3.53. The van der Waals surface area contributed by atoms with Crippen LogP contribution < -0.4 is 0 Å². The average molecular weight is 228 g/mol. The first-order valence-corrected chi connectivity index (χ1v) is 5.20. The number of azo groups is 1. The van der Waals surface area contributed by atoms with Crippen molar-refractivity contribution < 1.29 is 10.2 Å². The second-order valence-corrected chi connectivity index (χ2v) is 3.53. The van der Waals surface area contributed by atoms with Crippen LogP contribution in [0.15, 0.2) is 58.8 Å². The number of nitrogens with zero attached hydrogens (tertiary/aromatic N) is 2. The predicted molar refractivity (Wildman–Crippen MR) is 64.4 cm³/mol. The summed E-state index contributed by atoms with van der Waals surface area (Å²) in [5.74, 6) is -0.163. The third-order valence-electron chi connectivity index (χ3n) is 2.26. The minimum absolute atomic E-state index is 0.0817. The lowest BCUT2D eigenvalue weighted by Crippen LogP contribution is -1.78. The Bertz CT molecular complexity index is 504. The van der Waals surface area contributed by atoms with Gasteiger partial charge in [-0.2, -0.15) is 5.11 Å². The summed E-state index contributed by atoms with van der Waals surface area (Å²) in [5.41, 5.74) is 1.12. The van der Waals surface area contributed by atoms with Gasteiger partial charge in [0.2, 0.25) is 0 Å². The molecule has 4 heteroatoms. The van der Waals surface area contributed by atoms with Crippen LogP contribution in [0.1, 0.15) is 5.56 Å². The van der Waals surface area contributed by atoms with E-state index in [2.05, 4.69) is 10.2 Å². The van der Waals surface area contributed by atoms with Crippen molar-refractivity contribution in [3.63, 3.8) is 0 Å². The van der Waals surface area contributed by atoms with Crippen LogP contribution in [0, 0.1) is 0 Å². The molecule has 0 unspecified atom stereocenters. The number of benzene rings is 2. The number of hydrogen-bond donors (Lipinski definition) is 2. The molecule has 0 aliphatic carbocycles. The lowest BCUT2D eigenvalue weighted by molar-refractivity contribution is 0.452. The minimum atomic E-state index is -0.0817. The molecule has 0 fully saturated rings. The highest BCUT2D eigenvalue weighted by Crippen LogP contribution is 2.35. The van der Waals surface area contributed by atoms with Crippen molar-refractivity contribution in [1.82, 2.24) is 0 Å². The summed E-state index contributed by atoms with van der Waals surface area (Å²) in [7, 11) is 0. The normalized spacial score (nSPS) is 10.8. The van der Waals surface area contributed by atoms with Crippen LogP contribution in [-0.4, -0.2) is 10.2 Å². The van der Waals surface area contributed by atoms with E-state index in [0.717, 1.165) is 5.56 Å². The molecule has 0 aliphatic rings. The molecule has 86 valence electrons. The van der Waals surface area contributed by atoms with Crippen LogP contribution in [0.25, 0.3) is 0 Å². The average Bonchev–Trinajstić information content (AvgIpc) is 2.34. The summed E-state index contributed by atoms with van der Waals surface area (Å²) in [6.07, 6.45) is 0. The lowest BCUT2D eigenvalue weighted by Gasteiger charge is -2.00. The molecular formula is C13H12N2O2. The molecule has 0 spiro atoms. The number of hydrogen-bond acceptors (Lipinski definition) is 4. The highest BCUT2D eigenvalue weighted by molar-refractivity contribution is 5.59. The van der Waals surface area contributed by atoms with Crippen molar-refractivity contribution in [2.24, 2.45) is 10.2 Å². The number of aromatic hydroxyl groups is 2. The third kappa shape index (κ3) is 2.81. The van der Waals surface area contributed by atoms with E-state index in [1.165, 1.54) is 12.1 Å². The van der Waals surface area contributed by atoms with Gasteiger partial charge in [0.1, 0.15) is 11.5 Å². The molecule has 17 heavy (non-hydrogen) atoms. The number of phenols is 2. The molecule has 4 nitrogen and oxygen atoms in total. The zero-order valence-corrected chi connectivity index (χ0v) is 9.11. The SMILES string of the molecule is Oc1cccc(O)c1N=NCc1ccccc1. The van der Waals surface area contributed by atoms with E-state index in [1.807, 2.05) is 30.3 Å². The first-order chi connectivity index (χ1) is 8.27. The molecule has 0 heterocycles. The van der Waals surface area contributed by atoms with Crippen LogP contribution in [0.5, 0.6) is 11.5 Å². The fourth-order valence-electron chi connectivity index (χ4n) is 1.39. The van der Waals surface area contributed by atoms with Crippen LogP contribution in [-0.2, 0) is 6.54 Å². The van der Waals surface area contributed by atoms with E-state index >= 15 is 0 Å². The number of rotatable bonds is 3. The van der Waals surface area contributed by atoms with Crippen molar-refractivity contribution in [3.8, 4) is 11.5 Å². The largest absolute Gasteiger partial charge is 0.505 e. The monoisotopic (exact) mass is 228 g/mol. The van der Waals surface area contributed by atoms with E-state index in [4.69, 9.17) is 0 Å². The fourth-order valence-corrected chi connectivity index (χ4v) is 1.39. The fraction of sp³-hybridized carbons (Fsp3) is 0.0769. The van der Waals surface area contributed by atoms with Crippen LogP contribution in [0.3, 0.4) is 0 Å². The third-order valence-corrected chi connectivity index (χ3v) is 2.26. The standard InChI is InChI=1S/C13H12N2O2/c16-11-7-4-8-12(17)13(11)15-14-9-10-5-2-1-3-6-10/h1-8,16-17H,9H2. The molecule has 0 saturated carbocycles. The molecule has 0 aromatic heterocycles. The van der Waals surface area contributed by atoms with Crippen molar-refractivity contribution in [1.29, 1.82) is 0 Å². The van der Waals surface area contributed by atoms with E-state index in [-0.39, 0.29) is 17.2 Å². The van der Waals surface area contributed by atoms with E-state index < -0.39 is 0 Å². The maximum atomic E-state index is 9.47. The quantitative estimate of drug-likeness (QED) is 0.791. The van der Waals surface area contributed by atoms with Gasteiger partial charge in [0.05, 0.1) is 6.54 Å². The van der Waals surface area contributed by atoms with Gasteiger partial charge in [0.15, 0.2) is 5.69 Å². The van der Waals surface area contributed by atoms with Crippen LogP contribution >= 0.6 is 0 Å². The Labute approximate surface area is 98.9 Å². The highest BCUT2D eigenvalue weighted by Gasteiger charge is 2.04. The van der Waals surface area contributed by atoms with Gasteiger partial charge in [0.25, 0.3) is 0 Å². The smallest absolute Gasteiger partial charge is 0.168 e. The van der Waals surface area contributed by atoms with Gasteiger partial charge in [-0.05, 0) is 17.7 Å². The Morgan fingerprint density at radius 1 is 0.824 bits per heavy atom. The lowest BCUT2D eigenvalue weighted by atomic mass is 10.2. The van der Waals surface area contributed by atoms with Crippen molar-refractivity contribution in [2.75, 3.05) is 0 Å². The summed E-state index contributed by atoms with van der Waals surface area (Å²) in [6, 6.07) is 14.1. The minimum Gasteiger partial charge on any atom is -0.505 e. The Morgan fingerprint density at radius 3 is 2.12 bits per heavy atom. The molecule has 0 bridgehead atoms. The highest BCUT2D eigenvalue weighted by atomic mass is 16.3. The Morgan fingerprint density at radius 2 is 1.47 bits per heavy atom. The van der Waals surface area contributed by atoms with Gasteiger partial charge in [-0.15, -0.1) is 5.11 Å². The Hall–Kier alpha value is -2.36. The maximum absolute atomic E-state index is 9.47.